The van der Waals surface area contributed by atoms with Gasteiger partial charge in [0.15, 0.2) is 0 Å². The molecule has 2 N–H and O–H groups in total. The summed E-state index contributed by atoms with van der Waals surface area (Å²) in [5, 5.41) is 4.53. The number of piperazine rings is 1. The average Bonchev–Trinajstić information content (AvgIpc) is 2.47. The number of rotatable bonds is 3. The van der Waals surface area contributed by atoms with Gasteiger partial charge >= 0.3 is 0 Å². The fraction of sp³-hybridized carbons (Fsp3) is 0.438. The van der Waals surface area contributed by atoms with E-state index in [4.69, 9.17) is 0 Å². The quantitative estimate of drug-likeness (QED) is 0.896. The van der Waals surface area contributed by atoms with E-state index in [-0.39, 0.29) is 5.56 Å². The fourth-order valence-electron chi connectivity index (χ4n) is 2.92. The molecule has 1 aliphatic heterocycles. The first kappa shape index (κ1) is 13.2. The molecule has 1 fully saturated rings. The Morgan fingerprint density at radius 3 is 2.75 bits per heavy atom. The summed E-state index contributed by atoms with van der Waals surface area (Å²) in [6.45, 7) is 6.21. The number of aromatic amines is 1. The predicted octanol–water partition coefficient (Wildman–Crippen LogP) is 1.89. The van der Waals surface area contributed by atoms with Gasteiger partial charge in [0.25, 0.3) is 0 Å². The first-order valence-corrected chi connectivity index (χ1v) is 7.39. The van der Waals surface area contributed by atoms with Crippen LogP contribution in [0.25, 0.3) is 10.9 Å². The van der Waals surface area contributed by atoms with Gasteiger partial charge in [-0.05, 0) is 24.1 Å². The van der Waals surface area contributed by atoms with Crippen molar-refractivity contribution in [3.63, 3.8) is 0 Å². The van der Waals surface area contributed by atoms with Crippen molar-refractivity contribution >= 4 is 16.6 Å². The predicted molar refractivity (Wildman–Crippen MR) is 83.6 cm³/mol. The summed E-state index contributed by atoms with van der Waals surface area (Å²) in [6, 6.07) is 8.16. The van der Waals surface area contributed by atoms with Crippen LogP contribution in [-0.2, 0) is 6.42 Å². The van der Waals surface area contributed by atoms with E-state index in [0.29, 0.717) is 0 Å². The molecule has 1 saturated heterocycles. The van der Waals surface area contributed by atoms with Crippen LogP contribution >= 0.6 is 0 Å². The van der Waals surface area contributed by atoms with E-state index in [0.717, 1.165) is 50.1 Å². The van der Waals surface area contributed by atoms with Crippen LogP contribution in [0.15, 0.2) is 29.1 Å². The van der Waals surface area contributed by atoms with Crippen molar-refractivity contribution in [2.75, 3.05) is 31.1 Å². The van der Waals surface area contributed by atoms with Crippen LogP contribution < -0.4 is 15.8 Å². The highest BCUT2D eigenvalue weighted by atomic mass is 16.1. The number of nitrogens with zero attached hydrogens (tertiary/aromatic N) is 1. The maximum atomic E-state index is 11.8. The first-order chi connectivity index (χ1) is 9.78. The number of aromatic nitrogens is 1. The van der Waals surface area contributed by atoms with Gasteiger partial charge in [-0.25, -0.2) is 0 Å². The summed E-state index contributed by atoms with van der Waals surface area (Å²) in [5.74, 6) is 0. The molecular formula is C16H21N3O. The Morgan fingerprint density at radius 1 is 1.20 bits per heavy atom. The van der Waals surface area contributed by atoms with Gasteiger partial charge in [0.2, 0.25) is 5.56 Å². The van der Waals surface area contributed by atoms with E-state index >= 15 is 0 Å². The molecule has 4 nitrogen and oxygen atoms in total. The van der Waals surface area contributed by atoms with Crippen LogP contribution in [0.5, 0.6) is 0 Å². The summed E-state index contributed by atoms with van der Waals surface area (Å²) in [7, 11) is 0. The Hall–Kier alpha value is -1.81. The number of fused-ring (bicyclic) bond motifs is 1. The molecule has 0 atom stereocenters. The van der Waals surface area contributed by atoms with E-state index in [9.17, 15) is 4.79 Å². The third-order valence-corrected chi connectivity index (χ3v) is 3.91. The molecule has 4 heteroatoms. The third kappa shape index (κ3) is 2.56. The van der Waals surface area contributed by atoms with E-state index in [2.05, 4.69) is 40.3 Å². The second kappa shape index (κ2) is 5.67. The smallest absolute Gasteiger partial charge is 0.248 e. The largest absolute Gasteiger partial charge is 0.369 e. The van der Waals surface area contributed by atoms with Crippen molar-refractivity contribution < 1.29 is 0 Å². The molecule has 0 spiro atoms. The molecule has 0 aliphatic carbocycles. The minimum Gasteiger partial charge on any atom is -0.369 e. The van der Waals surface area contributed by atoms with Crippen LogP contribution in [0.1, 0.15) is 18.9 Å². The minimum absolute atomic E-state index is 0.00147. The molecule has 2 heterocycles. The third-order valence-electron chi connectivity index (χ3n) is 3.91. The van der Waals surface area contributed by atoms with Gasteiger partial charge in [0.1, 0.15) is 0 Å². The van der Waals surface area contributed by atoms with Crippen LogP contribution in [0.4, 0.5) is 5.69 Å². The molecule has 106 valence electrons. The molecule has 0 unspecified atom stereocenters. The minimum atomic E-state index is -0.00147. The number of nitrogens with one attached hydrogen (secondary N) is 2. The summed E-state index contributed by atoms with van der Waals surface area (Å²) in [6.07, 6.45) is 2.01. The van der Waals surface area contributed by atoms with Crippen LogP contribution in [0.2, 0.25) is 0 Å². The standard InChI is InChI=1S/C16H21N3O/c1-2-3-12-10-16(20)18-15-11-13(4-5-14(12)15)19-8-6-17-7-9-19/h4-5,10-11,17H,2-3,6-9H2,1H3,(H,18,20). The van der Waals surface area contributed by atoms with Crippen molar-refractivity contribution in [3.8, 4) is 0 Å². The zero-order valence-corrected chi connectivity index (χ0v) is 11.9. The molecule has 0 saturated carbocycles. The number of H-pyrrole nitrogens is 1. The Morgan fingerprint density at radius 2 is 2.00 bits per heavy atom. The Kier molecular flexibility index (Phi) is 3.74. The van der Waals surface area contributed by atoms with Crippen molar-refractivity contribution in [2.45, 2.75) is 19.8 Å². The molecule has 3 rings (SSSR count). The number of pyridine rings is 1. The van der Waals surface area contributed by atoms with Gasteiger partial charge in [-0.15, -0.1) is 0 Å². The highest BCUT2D eigenvalue weighted by Crippen LogP contribution is 2.23. The summed E-state index contributed by atoms with van der Waals surface area (Å²) < 4.78 is 0. The van der Waals surface area contributed by atoms with Gasteiger partial charge in [-0.1, -0.05) is 19.4 Å². The lowest BCUT2D eigenvalue weighted by atomic mass is 10.0. The molecule has 0 radical (unpaired) electrons. The van der Waals surface area contributed by atoms with Crippen molar-refractivity contribution in [1.29, 1.82) is 0 Å². The Labute approximate surface area is 118 Å². The Balaban J connectivity index is 2.04. The first-order valence-electron chi connectivity index (χ1n) is 7.39. The zero-order chi connectivity index (χ0) is 13.9. The molecule has 1 aromatic heterocycles. The summed E-state index contributed by atoms with van der Waals surface area (Å²) in [4.78, 5) is 17.1. The van der Waals surface area contributed by atoms with E-state index in [1.54, 1.807) is 6.07 Å². The maximum absolute atomic E-state index is 11.8. The normalized spacial score (nSPS) is 15.8. The van der Waals surface area contributed by atoms with Gasteiger partial charge in [-0.3, -0.25) is 4.79 Å². The highest BCUT2D eigenvalue weighted by Gasteiger charge is 2.11. The fourth-order valence-corrected chi connectivity index (χ4v) is 2.92. The molecular weight excluding hydrogens is 250 g/mol. The molecule has 1 aromatic carbocycles. The van der Waals surface area contributed by atoms with Gasteiger partial charge in [-0.2, -0.15) is 0 Å². The lowest BCUT2D eigenvalue weighted by Gasteiger charge is -2.29. The summed E-state index contributed by atoms with van der Waals surface area (Å²) >= 11 is 0. The van der Waals surface area contributed by atoms with Crippen molar-refractivity contribution in [2.24, 2.45) is 0 Å². The maximum Gasteiger partial charge on any atom is 0.248 e. The van der Waals surface area contributed by atoms with E-state index in [1.807, 2.05) is 0 Å². The van der Waals surface area contributed by atoms with Gasteiger partial charge in [0.05, 0.1) is 5.52 Å². The SMILES string of the molecule is CCCc1cc(=O)[nH]c2cc(N3CCNCC3)ccc12. The zero-order valence-electron chi connectivity index (χ0n) is 11.9. The van der Waals surface area contributed by atoms with Gasteiger partial charge < -0.3 is 15.2 Å². The van der Waals surface area contributed by atoms with E-state index in [1.165, 1.54) is 11.1 Å². The highest BCUT2D eigenvalue weighted by molar-refractivity contribution is 5.85. The monoisotopic (exact) mass is 271 g/mol. The lowest BCUT2D eigenvalue weighted by molar-refractivity contribution is 0.589. The van der Waals surface area contributed by atoms with Crippen LogP contribution in [0, 0.1) is 0 Å². The number of anilines is 1. The van der Waals surface area contributed by atoms with Crippen LogP contribution in [0.3, 0.4) is 0 Å². The number of hydrogen-bond donors (Lipinski definition) is 2. The van der Waals surface area contributed by atoms with Gasteiger partial charge in [0, 0.05) is 43.3 Å². The topological polar surface area (TPSA) is 48.1 Å². The van der Waals surface area contributed by atoms with Crippen LogP contribution in [-0.4, -0.2) is 31.2 Å². The number of aryl methyl sites for hydroxylation is 1. The molecule has 2 aromatic rings. The summed E-state index contributed by atoms with van der Waals surface area (Å²) in [5.41, 5.74) is 3.30. The second-order valence-corrected chi connectivity index (χ2v) is 5.38. The number of hydrogen-bond acceptors (Lipinski definition) is 3. The Bertz CT molecular complexity index is 656. The van der Waals surface area contributed by atoms with Crippen molar-refractivity contribution in [3.05, 3.63) is 40.2 Å². The molecule has 1 aliphatic rings. The molecule has 20 heavy (non-hydrogen) atoms. The van der Waals surface area contributed by atoms with Crippen molar-refractivity contribution in [1.82, 2.24) is 10.3 Å². The lowest BCUT2D eigenvalue weighted by Crippen LogP contribution is -2.43. The molecule has 0 amide bonds. The second-order valence-electron chi connectivity index (χ2n) is 5.38. The average molecular weight is 271 g/mol. The van der Waals surface area contributed by atoms with E-state index < -0.39 is 0 Å². The molecule has 0 bridgehead atoms. The number of benzene rings is 1.